The van der Waals surface area contributed by atoms with Crippen LogP contribution in [0.2, 0.25) is 0 Å². The summed E-state index contributed by atoms with van der Waals surface area (Å²) in [6.45, 7) is 14.9. The van der Waals surface area contributed by atoms with Gasteiger partial charge < -0.3 is 24.6 Å². The van der Waals surface area contributed by atoms with Crippen molar-refractivity contribution in [3.8, 4) is 0 Å². The molecule has 0 unspecified atom stereocenters. The third-order valence-corrected chi connectivity index (χ3v) is 7.25. The fraction of sp³-hybridized carbons (Fsp3) is 0.613. The third kappa shape index (κ3) is 8.24. The molecule has 2 atom stereocenters. The first-order valence-electron chi connectivity index (χ1n) is 14.0. The Labute approximate surface area is 244 Å². The van der Waals surface area contributed by atoms with Crippen LogP contribution in [0.1, 0.15) is 73.8 Å². The first kappa shape index (κ1) is 33.6. The summed E-state index contributed by atoms with van der Waals surface area (Å²) >= 11 is 0. The Balaban J connectivity index is 2.55. The molecule has 0 radical (unpaired) electrons. The first-order valence-corrected chi connectivity index (χ1v) is 14.0. The van der Waals surface area contributed by atoms with Gasteiger partial charge in [0.25, 0.3) is 0 Å². The van der Waals surface area contributed by atoms with Crippen LogP contribution in [0.4, 0.5) is 4.79 Å². The first-order chi connectivity index (χ1) is 18.7. The number of fused-ring (bicyclic) bond motifs is 1. The number of carbonyl (C=O) groups excluding carboxylic acids is 3. The van der Waals surface area contributed by atoms with Crippen molar-refractivity contribution in [2.24, 2.45) is 12.5 Å². The minimum absolute atomic E-state index is 0.0634. The number of aliphatic carboxylic acids is 1. The average Bonchev–Trinajstić information content (AvgIpc) is 3.17. The van der Waals surface area contributed by atoms with Crippen molar-refractivity contribution < 1.29 is 29.0 Å². The van der Waals surface area contributed by atoms with Crippen molar-refractivity contribution in [2.45, 2.75) is 91.3 Å². The van der Waals surface area contributed by atoms with Crippen LogP contribution in [-0.4, -0.2) is 81.7 Å². The van der Waals surface area contributed by atoms with Gasteiger partial charge in [-0.25, -0.2) is 4.79 Å². The van der Waals surface area contributed by atoms with Crippen molar-refractivity contribution in [3.05, 3.63) is 36.0 Å². The Kier molecular flexibility index (Phi) is 10.3. The van der Waals surface area contributed by atoms with E-state index >= 15 is 0 Å². The van der Waals surface area contributed by atoms with E-state index in [-0.39, 0.29) is 18.9 Å². The smallest absolute Gasteiger partial charge is 0.410 e. The Hall–Kier alpha value is -3.56. The number of ether oxygens (including phenoxy) is 1. The number of carboxylic acids is 1. The van der Waals surface area contributed by atoms with Crippen molar-refractivity contribution in [3.63, 3.8) is 0 Å². The molecular formula is C31H48N4O6. The number of likely N-dealkylation sites (N-methyl/N-ethyl adjacent to an activating group) is 2. The number of carbonyl (C=O) groups is 4. The molecule has 1 aromatic carbocycles. The standard InChI is InChI=1S/C31H48N4O6/c1-29(2,3)24(27(39)33(9)18-14-17-23(36)37)32-26(38)25(35(11)28(40)41-30(4,5)6)31(7,8)21-19-34(10)22-16-13-12-15-20(21)22/h12-13,15-16,19,24-25H,14,17-18H2,1-11H3,(H,32,38)(H,36,37)/t24-,25-/m1/s1. The number of carboxylic acid groups (broad SMARTS) is 1. The van der Waals surface area contributed by atoms with Crippen molar-refractivity contribution in [1.29, 1.82) is 0 Å². The SMILES string of the molecule is CN(CCCC(=O)O)C(=O)[C@@H](NC(=O)[C@@H](N(C)C(=O)OC(C)(C)C)C(C)(C)c1cn(C)c2ccccc12)C(C)(C)C. The maximum absolute atomic E-state index is 14.3. The van der Waals surface area contributed by atoms with Gasteiger partial charge in [-0.2, -0.15) is 0 Å². The van der Waals surface area contributed by atoms with Gasteiger partial charge in [0.2, 0.25) is 11.8 Å². The molecule has 0 saturated heterocycles. The number of aryl methyl sites for hydroxylation is 1. The minimum Gasteiger partial charge on any atom is -0.481 e. The summed E-state index contributed by atoms with van der Waals surface area (Å²) < 4.78 is 7.64. The Bertz CT molecular complexity index is 1270. The van der Waals surface area contributed by atoms with Gasteiger partial charge in [-0.05, 0) is 44.2 Å². The van der Waals surface area contributed by atoms with Crippen LogP contribution >= 0.6 is 0 Å². The van der Waals surface area contributed by atoms with Gasteiger partial charge in [-0.15, -0.1) is 0 Å². The van der Waals surface area contributed by atoms with E-state index < -0.39 is 46.5 Å². The van der Waals surface area contributed by atoms with E-state index in [1.54, 1.807) is 27.8 Å². The highest BCUT2D eigenvalue weighted by molar-refractivity contribution is 5.94. The number of benzene rings is 1. The van der Waals surface area contributed by atoms with E-state index in [4.69, 9.17) is 9.84 Å². The fourth-order valence-corrected chi connectivity index (χ4v) is 5.10. The molecule has 0 aliphatic rings. The number of nitrogens with one attached hydrogen (secondary N) is 1. The summed E-state index contributed by atoms with van der Waals surface area (Å²) in [5, 5.41) is 12.9. The Morgan fingerprint density at radius 2 is 1.59 bits per heavy atom. The van der Waals surface area contributed by atoms with Gasteiger partial charge in [0.15, 0.2) is 0 Å². The van der Waals surface area contributed by atoms with Crippen molar-refractivity contribution >= 4 is 34.8 Å². The zero-order valence-electron chi connectivity index (χ0n) is 26.5. The molecule has 1 heterocycles. The molecule has 2 aromatic rings. The summed E-state index contributed by atoms with van der Waals surface area (Å²) in [7, 11) is 5.07. The highest BCUT2D eigenvalue weighted by atomic mass is 16.6. The van der Waals surface area contributed by atoms with E-state index in [0.717, 1.165) is 16.5 Å². The molecule has 10 heteroatoms. The monoisotopic (exact) mass is 572 g/mol. The molecule has 228 valence electrons. The van der Waals surface area contributed by atoms with Crippen LogP contribution in [0.25, 0.3) is 10.9 Å². The number of rotatable bonds is 10. The fourth-order valence-electron chi connectivity index (χ4n) is 5.10. The lowest BCUT2D eigenvalue weighted by molar-refractivity contribution is -0.141. The molecule has 3 amide bonds. The minimum atomic E-state index is -1.04. The molecular weight excluding hydrogens is 524 g/mol. The molecule has 0 bridgehead atoms. The molecule has 0 fully saturated rings. The number of hydrogen-bond acceptors (Lipinski definition) is 5. The van der Waals surface area contributed by atoms with Crippen LogP contribution in [0.3, 0.4) is 0 Å². The lowest BCUT2D eigenvalue weighted by Gasteiger charge is -2.41. The van der Waals surface area contributed by atoms with Crippen molar-refractivity contribution in [1.82, 2.24) is 19.7 Å². The largest absolute Gasteiger partial charge is 0.481 e. The van der Waals surface area contributed by atoms with Gasteiger partial charge in [-0.1, -0.05) is 52.8 Å². The second kappa shape index (κ2) is 12.5. The van der Waals surface area contributed by atoms with Crippen LogP contribution in [0.15, 0.2) is 30.5 Å². The van der Waals surface area contributed by atoms with Crippen molar-refractivity contribution in [2.75, 3.05) is 20.6 Å². The highest BCUT2D eigenvalue weighted by Crippen LogP contribution is 2.37. The topological polar surface area (TPSA) is 121 Å². The zero-order valence-corrected chi connectivity index (χ0v) is 26.5. The molecule has 0 aliphatic heterocycles. The highest BCUT2D eigenvalue weighted by Gasteiger charge is 2.46. The van der Waals surface area contributed by atoms with Gasteiger partial charge in [0, 0.05) is 56.6 Å². The van der Waals surface area contributed by atoms with Gasteiger partial charge >= 0.3 is 12.1 Å². The number of hydrogen-bond donors (Lipinski definition) is 2. The van der Waals surface area contributed by atoms with Gasteiger partial charge in [0.05, 0.1) is 0 Å². The quantitative estimate of drug-likeness (QED) is 0.431. The summed E-state index contributed by atoms with van der Waals surface area (Å²) in [4.78, 5) is 54.9. The van der Waals surface area contributed by atoms with Crippen LogP contribution in [-0.2, 0) is 31.6 Å². The maximum atomic E-state index is 14.3. The molecule has 0 aliphatic carbocycles. The maximum Gasteiger partial charge on any atom is 0.410 e. The van der Waals surface area contributed by atoms with Crippen LogP contribution < -0.4 is 5.32 Å². The zero-order chi connectivity index (χ0) is 31.5. The molecule has 41 heavy (non-hydrogen) atoms. The summed E-state index contributed by atoms with van der Waals surface area (Å²) in [5.41, 5.74) is -0.503. The van der Waals surface area contributed by atoms with E-state index in [2.05, 4.69) is 5.32 Å². The molecule has 0 saturated carbocycles. The Morgan fingerprint density at radius 1 is 1.00 bits per heavy atom. The normalized spacial score (nSPS) is 13.8. The summed E-state index contributed by atoms with van der Waals surface area (Å²) in [5.74, 6) is -1.77. The van der Waals surface area contributed by atoms with E-state index in [0.29, 0.717) is 6.42 Å². The number of para-hydroxylation sites is 1. The Morgan fingerprint density at radius 3 is 2.12 bits per heavy atom. The second-order valence-electron chi connectivity index (χ2n) is 13.5. The second-order valence-corrected chi connectivity index (χ2v) is 13.5. The molecule has 10 nitrogen and oxygen atoms in total. The summed E-state index contributed by atoms with van der Waals surface area (Å²) in [6, 6.07) is 5.89. The number of amides is 3. The van der Waals surface area contributed by atoms with Crippen LogP contribution in [0, 0.1) is 5.41 Å². The number of nitrogens with zero attached hydrogens (tertiary/aromatic N) is 3. The van der Waals surface area contributed by atoms with Crippen LogP contribution in [0.5, 0.6) is 0 Å². The predicted molar refractivity (Wildman–Crippen MR) is 160 cm³/mol. The lowest BCUT2D eigenvalue weighted by atomic mass is 9.76. The molecule has 0 spiro atoms. The van der Waals surface area contributed by atoms with Gasteiger partial charge in [0.1, 0.15) is 17.7 Å². The molecule has 2 rings (SSSR count). The van der Waals surface area contributed by atoms with E-state index in [9.17, 15) is 19.2 Å². The van der Waals surface area contributed by atoms with E-state index in [1.165, 1.54) is 16.8 Å². The average molecular weight is 573 g/mol. The summed E-state index contributed by atoms with van der Waals surface area (Å²) in [6.07, 6.45) is 1.54. The van der Waals surface area contributed by atoms with Gasteiger partial charge in [-0.3, -0.25) is 19.3 Å². The predicted octanol–water partition coefficient (Wildman–Crippen LogP) is 4.55. The van der Waals surface area contributed by atoms with E-state index in [1.807, 2.05) is 76.7 Å². The number of aromatic nitrogens is 1. The third-order valence-electron chi connectivity index (χ3n) is 7.25. The lowest BCUT2D eigenvalue weighted by Crippen LogP contribution is -2.62. The molecule has 2 N–H and O–H groups in total. The molecule has 1 aromatic heterocycles.